The van der Waals surface area contributed by atoms with Crippen molar-refractivity contribution in [3.8, 4) is 6.07 Å². The van der Waals surface area contributed by atoms with E-state index in [9.17, 15) is 0 Å². The molecule has 2 rings (SSSR count). The predicted octanol–water partition coefficient (Wildman–Crippen LogP) is 3.33. The second kappa shape index (κ2) is 8.41. The van der Waals surface area contributed by atoms with Crippen LogP contribution in [0.1, 0.15) is 24.8 Å². The Labute approximate surface area is 126 Å². The van der Waals surface area contributed by atoms with Crippen molar-refractivity contribution in [2.45, 2.75) is 25.8 Å². The summed E-state index contributed by atoms with van der Waals surface area (Å²) in [6, 6.07) is 17.1. The highest BCUT2D eigenvalue weighted by atomic mass is 16.3. The number of nitrogens with zero attached hydrogens (tertiary/aromatic N) is 2. The first kappa shape index (κ1) is 15.5. The molecule has 0 aliphatic heterocycles. The molecule has 2 aromatic rings. The summed E-state index contributed by atoms with van der Waals surface area (Å²) in [6.07, 6.45) is 2.25. The molecule has 3 nitrogen and oxygen atoms in total. The Morgan fingerprint density at radius 2 is 1.76 bits per heavy atom. The van der Waals surface area contributed by atoms with Crippen molar-refractivity contribution in [3.05, 3.63) is 48.0 Å². The van der Waals surface area contributed by atoms with Crippen molar-refractivity contribution in [1.82, 2.24) is 4.90 Å². The minimum Gasteiger partial charge on any atom is -0.396 e. The molecule has 0 saturated carbocycles. The Morgan fingerprint density at radius 3 is 2.52 bits per heavy atom. The van der Waals surface area contributed by atoms with Crippen LogP contribution in [0.15, 0.2) is 42.5 Å². The summed E-state index contributed by atoms with van der Waals surface area (Å²) in [7, 11) is 0. The lowest BCUT2D eigenvalue weighted by atomic mass is 10.1. The molecular weight excluding hydrogens is 260 g/mol. The van der Waals surface area contributed by atoms with Crippen molar-refractivity contribution in [3.63, 3.8) is 0 Å². The van der Waals surface area contributed by atoms with Gasteiger partial charge in [0.05, 0.1) is 6.07 Å². The summed E-state index contributed by atoms with van der Waals surface area (Å²) >= 11 is 0. The molecule has 0 radical (unpaired) electrons. The second-order valence-electron chi connectivity index (χ2n) is 5.30. The van der Waals surface area contributed by atoms with E-state index < -0.39 is 0 Å². The van der Waals surface area contributed by atoms with Crippen LogP contribution in [-0.4, -0.2) is 29.7 Å². The van der Waals surface area contributed by atoms with E-state index in [0.717, 1.165) is 32.5 Å². The Morgan fingerprint density at radius 1 is 1.00 bits per heavy atom. The van der Waals surface area contributed by atoms with Crippen molar-refractivity contribution in [1.29, 1.82) is 5.26 Å². The summed E-state index contributed by atoms with van der Waals surface area (Å²) in [6.45, 7) is 2.86. The fraction of sp³-hybridized carbons (Fsp3) is 0.389. The van der Waals surface area contributed by atoms with Crippen molar-refractivity contribution < 1.29 is 5.11 Å². The van der Waals surface area contributed by atoms with E-state index in [1.165, 1.54) is 16.3 Å². The molecule has 0 aliphatic carbocycles. The van der Waals surface area contributed by atoms with Crippen LogP contribution in [0.4, 0.5) is 0 Å². The third-order valence-electron chi connectivity index (χ3n) is 3.62. The highest BCUT2D eigenvalue weighted by Crippen LogP contribution is 2.17. The van der Waals surface area contributed by atoms with E-state index in [1.807, 2.05) is 0 Å². The first-order chi connectivity index (χ1) is 10.3. The number of hydrogen-bond donors (Lipinski definition) is 1. The molecule has 0 aliphatic rings. The number of unbranched alkanes of at least 4 members (excludes halogenated alkanes) is 1. The van der Waals surface area contributed by atoms with E-state index in [0.29, 0.717) is 6.42 Å². The molecule has 2 aromatic carbocycles. The Hall–Kier alpha value is -1.89. The highest BCUT2D eigenvalue weighted by Gasteiger charge is 2.06. The number of hydrogen-bond acceptors (Lipinski definition) is 3. The van der Waals surface area contributed by atoms with Gasteiger partial charge in [-0.05, 0) is 41.8 Å². The minimum atomic E-state index is 0.215. The highest BCUT2D eigenvalue weighted by molar-refractivity contribution is 5.82. The van der Waals surface area contributed by atoms with Crippen LogP contribution in [-0.2, 0) is 6.54 Å². The van der Waals surface area contributed by atoms with Gasteiger partial charge in [0.25, 0.3) is 0 Å². The minimum absolute atomic E-state index is 0.215. The standard InChI is InChI=1S/C18H22N2O/c19-10-3-4-11-20(12-5-13-21)15-16-8-9-17-6-1-2-7-18(17)14-16/h1-2,6-9,14,21H,3-5,11-13,15H2. The molecule has 0 saturated heterocycles. The lowest BCUT2D eigenvalue weighted by Crippen LogP contribution is -2.26. The van der Waals surface area contributed by atoms with Crippen LogP contribution in [0, 0.1) is 11.3 Å². The van der Waals surface area contributed by atoms with E-state index in [1.54, 1.807) is 0 Å². The summed E-state index contributed by atoms with van der Waals surface area (Å²) < 4.78 is 0. The van der Waals surface area contributed by atoms with Gasteiger partial charge < -0.3 is 5.11 Å². The van der Waals surface area contributed by atoms with Gasteiger partial charge in [-0.1, -0.05) is 36.4 Å². The lowest BCUT2D eigenvalue weighted by Gasteiger charge is -2.21. The third-order valence-corrected chi connectivity index (χ3v) is 3.62. The molecule has 3 heteroatoms. The van der Waals surface area contributed by atoms with Crippen molar-refractivity contribution in [2.75, 3.05) is 19.7 Å². The molecule has 0 heterocycles. The molecule has 0 spiro atoms. The Kier molecular flexibility index (Phi) is 6.21. The van der Waals surface area contributed by atoms with Gasteiger partial charge in [0.15, 0.2) is 0 Å². The van der Waals surface area contributed by atoms with E-state index in [-0.39, 0.29) is 6.61 Å². The van der Waals surface area contributed by atoms with Crippen LogP contribution in [0.2, 0.25) is 0 Å². The van der Waals surface area contributed by atoms with Gasteiger partial charge in [0.2, 0.25) is 0 Å². The summed E-state index contributed by atoms with van der Waals surface area (Å²) in [5, 5.41) is 20.2. The number of rotatable bonds is 8. The molecule has 0 amide bonds. The monoisotopic (exact) mass is 282 g/mol. The SMILES string of the molecule is N#CCCCN(CCCO)Cc1ccc2ccccc2c1. The van der Waals surface area contributed by atoms with Gasteiger partial charge in [-0.2, -0.15) is 5.26 Å². The van der Waals surface area contributed by atoms with E-state index in [4.69, 9.17) is 10.4 Å². The van der Waals surface area contributed by atoms with Crippen LogP contribution >= 0.6 is 0 Å². The molecular formula is C18H22N2O. The topological polar surface area (TPSA) is 47.3 Å². The fourth-order valence-electron chi connectivity index (χ4n) is 2.54. The normalized spacial score (nSPS) is 10.9. The maximum Gasteiger partial charge on any atom is 0.0622 e. The largest absolute Gasteiger partial charge is 0.396 e. The Balaban J connectivity index is 2.03. The average Bonchev–Trinajstić information content (AvgIpc) is 2.52. The van der Waals surface area contributed by atoms with Gasteiger partial charge in [0.1, 0.15) is 0 Å². The van der Waals surface area contributed by atoms with E-state index >= 15 is 0 Å². The molecule has 110 valence electrons. The predicted molar refractivity (Wildman–Crippen MR) is 85.8 cm³/mol. The van der Waals surface area contributed by atoms with Gasteiger partial charge in [-0.15, -0.1) is 0 Å². The van der Waals surface area contributed by atoms with Gasteiger partial charge >= 0.3 is 0 Å². The summed E-state index contributed by atoms with van der Waals surface area (Å²) in [5.41, 5.74) is 1.28. The average molecular weight is 282 g/mol. The first-order valence-corrected chi connectivity index (χ1v) is 7.51. The maximum absolute atomic E-state index is 9.02. The molecule has 1 N–H and O–H groups in total. The van der Waals surface area contributed by atoms with Gasteiger partial charge in [0, 0.05) is 26.1 Å². The molecule has 0 unspecified atom stereocenters. The first-order valence-electron chi connectivity index (χ1n) is 7.51. The lowest BCUT2D eigenvalue weighted by molar-refractivity contribution is 0.217. The van der Waals surface area contributed by atoms with Crippen molar-refractivity contribution >= 4 is 10.8 Å². The van der Waals surface area contributed by atoms with Crippen LogP contribution in [0.25, 0.3) is 10.8 Å². The van der Waals surface area contributed by atoms with Crippen LogP contribution in [0.5, 0.6) is 0 Å². The van der Waals surface area contributed by atoms with Crippen molar-refractivity contribution in [2.24, 2.45) is 0 Å². The number of nitriles is 1. The number of aliphatic hydroxyl groups excluding tert-OH is 1. The number of aliphatic hydroxyl groups is 1. The number of fused-ring (bicyclic) bond motifs is 1. The zero-order valence-electron chi connectivity index (χ0n) is 12.3. The Bertz CT molecular complexity index is 603. The zero-order chi connectivity index (χ0) is 14.9. The molecule has 0 fully saturated rings. The molecule has 0 aromatic heterocycles. The number of benzene rings is 2. The van der Waals surface area contributed by atoms with Gasteiger partial charge in [-0.25, -0.2) is 0 Å². The summed E-state index contributed by atoms with van der Waals surface area (Å²) in [4.78, 5) is 2.32. The summed E-state index contributed by atoms with van der Waals surface area (Å²) in [5.74, 6) is 0. The fourth-order valence-corrected chi connectivity index (χ4v) is 2.54. The smallest absolute Gasteiger partial charge is 0.0622 e. The quantitative estimate of drug-likeness (QED) is 0.755. The molecule has 0 atom stereocenters. The zero-order valence-corrected chi connectivity index (χ0v) is 12.3. The van der Waals surface area contributed by atoms with Gasteiger partial charge in [-0.3, -0.25) is 4.90 Å². The third kappa shape index (κ3) is 4.86. The maximum atomic E-state index is 9.02. The van der Waals surface area contributed by atoms with Crippen LogP contribution < -0.4 is 0 Å². The molecule has 0 bridgehead atoms. The van der Waals surface area contributed by atoms with E-state index in [2.05, 4.69) is 53.4 Å². The molecule has 21 heavy (non-hydrogen) atoms. The van der Waals surface area contributed by atoms with Crippen LogP contribution in [0.3, 0.4) is 0 Å². The second-order valence-corrected chi connectivity index (χ2v) is 5.30.